The Bertz CT molecular complexity index is 603. The summed E-state index contributed by atoms with van der Waals surface area (Å²) in [5.41, 5.74) is 2.26. The van der Waals surface area contributed by atoms with E-state index in [1.807, 2.05) is 24.6 Å². The zero-order valence-electron chi connectivity index (χ0n) is 12.4. The molecule has 6 heteroatoms. The number of methoxy groups -OCH3 is 1. The maximum atomic E-state index is 9.42. The molecule has 0 aliphatic carbocycles. The molecule has 0 saturated carbocycles. The van der Waals surface area contributed by atoms with Crippen molar-refractivity contribution >= 4 is 11.6 Å². The highest BCUT2D eigenvalue weighted by Crippen LogP contribution is 2.32. The molecule has 1 heterocycles. The van der Waals surface area contributed by atoms with Crippen molar-refractivity contribution in [2.24, 2.45) is 0 Å². The van der Waals surface area contributed by atoms with E-state index in [2.05, 4.69) is 5.10 Å². The Hall–Kier alpha value is -1.72. The van der Waals surface area contributed by atoms with Gasteiger partial charge < -0.3 is 14.6 Å². The number of nitrogens with zero attached hydrogens (tertiary/aromatic N) is 2. The van der Waals surface area contributed by atoms with Gasteiger partial charge in [-0.15, -0.1) is 0 Å². The predicted octanol–water partition coefficient (Wildman–Crippen LogP) is 2.94. The SMILES string of the molecule is CCn1nc(C)c(Cl)c1COc1c(CO)cccc1OC. The van der Waals surface area contributed by atoms with Crippen LogP contribution in [0.5, 0.6) is 11.5 Å². The summed E-state index contributed by atoms with van der Waals surface area (Å²) >= 11 is 6.26. The van der Waals surface area contributed by atoms with Gasteiger partial charge in [0.25, 0.3) is 0 Å². The maximum Gasteiger partial charge on any atom is 0.167 e. The standard InChI is InChI=1S/C15H19ClN2O3/c1-4-18-12(14(16)10(2)17-18)9-21-15-11(8-19)6-5-7-13(15)20-3/h5-7,19H,4,8-9H2,1-3H3. The van der Waals surface area contributed by atoms with Crippen molar-refractivity contribution in [1.82, 2.24) is 9.78 Å². The smallest absolute Gasteiger partial charge is 0.167 e. The van der Waals surface area contributed by atoms with Crippen LogP contribution in [0.15, 0.2) is 18.2 Å². The first-order valence-corrected chi connectivity index (χ1v) is 7.11. The van der Waals surface area contributed by atoms with Gasteiger partial charge in [0, 0.05) is 12.1 Å². The molecule has 2 aromatic rings. The molecule has 5 nitrogen and oxygen atoms in total. The molecule has 21 heavy (non-hydrogen) atoms. The number of aryl methyl sites for hydroxylation is 2. The maximum absolute atomic E-state index is 9.42. The summed E-state index contributed by atoms with van der Waals surface area (Å²) in [7, 11) is 1.57. The molecule has 0 saturated heterocycles. The average molecular weight is 311 g/mol. The molecule has 0 bridgehead atoms. The van der Waals surface area contributed by atoms with Gasteiger partial charge in [-0.25, -0.2) is 0 Å². The van der Waals surface area contributed by atoms with E-state index in [1.165, 1.54) is 0 Å². The fourth-order valence-corrected chi connectivity index (χ4v) is 2.35. The van der Waals surface area contributed by atoms with Gasteiger partial charge in [-0.05, 0) is 19.9 Å². The molecule has 0 spiro atoms. The van der Waals surface area contributed by atoms with E-state index in [-0.39, 0.29) is 13.2 Å². The molecular weight excluding hydrogens is 292 g/mol. The van der Waals surface area contributed by atoms with Crippen molar-refractivity contribution in [3.63, 3.8) is 0 Å². The Balaban J connectivity index is 2.28. The van der Waals surface area contributed by atoms with E-state index in [0.29, 0.717) is 28.6 Å². The normalized spacial score (nSPS) is 10.7. The number of aromatic nitrogens is 2. The predicted molar refractivity (Wildman–Crippen MR) is 80.9 cm³/mol. The molecule has 1 aromatic carbocycles. The molecule has 0 radical (unpaired) electrons. The van der Waals surface area contributed by atoms with Gasteiger partial charge in [0.1, 0.15) is 6.61 Å². The number of hydrogen-bond acceptors (Lipinski definition) is 4. The lowest BCUT2D eigenvalue weighted by atomic mass is 10.2. The lowest BCUT2D eigenvalue weighted by molar-refractivity contribution is 0.245. The summed E-state index contributed by atoms with van der Waals surface area (Å²) in [6, 6.07) is 5.39. The van der Waals surface area contributed by atoms with Crippen molar-refractivity contribution in [3.8, 4) is 11.5 Å². The Labute approximate surface area is 129 Å². The Kier molecular flexibility index (Phi) is 5.09. The highest BCUT2D eigenvalue weighted by Gasteiger charge is 2.16. The minimum absolute atomic E-state index is 0.119. The van der Waals surface area contributed by atoms with E-state index in [0.717, 1.165) is 11.4 Å². The Morgan fingerprint density at radius 2 is 2.14 bits per heavy atom. The first-order valence-electron chi connectivity index (χ1n) is 6.73. The molecular formula is C15H19ClN2O3. The zero-order valence-corrected chi connectivity index (χ0v) is 13.1. The number of ether oxygens (including phenoxy) is 2. The molecule has 1 aromatic heterocycles. The monoisotopic (exact) mass is 310 g/mol. The topological polar surface area (TPSA) is 56.5 Å². The Morgan fingerprint density at radius 3 is 2.76 bits per heavy atom. The van der Waals surface area contributed by atoms with Crippen LogP contribution < -0.4 is 9.47 Å². The summed E-state index contributed by atoms with van der Waals surface area (Å²) in [4.78, 5) is 0. The van der Waals surface area contributed by atoms with Crippen LogP contribution in [0, 0.1) is 6.92 Å². The summed E-state index contributed by atoms with van der Waals surface area (Å²) < 4.78 is 12.9. The molecule has 0 amide bonds. The van der Waals surface area contributed by atoms with Crippen LogP contribution in [0.4, 0.5) is 0 Å². The third kappa shape index (κ3) is 3.14. The van der Waals surface area contributed by atoms with Crippen LogP contribution in [0.25, 0.3) is 0 Å². The van der Waals surface area contributed by atoms with Gasteiger partial charge in [0.05, 0.1) is 30.1 Å². The van der Waals surface area contributed by atoms with Crippen LogP contribution in [-0.4, -0.2) is 22.0 Å². The molecule has 0 atom stereocenters. The van der Waals surface area contributed by atoms with Crippen molar-refractivity contribution in [2.75, 3.05) is 7.11 Å². The molecule has 0 aliphatic rings. The van der Waals surface area contributed by atoms with Crippen molar-refractivity contribution in [3.05, 3.63) is 40.2 Å². The molecule has 114 valence electrons. The van der Waals surface area contributed by atoms with Crippen LogP contribution >= 0.6 is 11.6 Å². The van der Waals surface area contributed by atoms with E-state index in [1.54, 1.807) is 19.2 Å². The average Bonchev–Trinajstić information content (AvgIpc) is 2.79. The van der Waals surface area contributed by atoms with Crippen LogP contribution in [0.3, 0.4) is 0 Å². The van der Waals surface area contributed by atoms with Crippen LogP contribution in [-0.2, 0) is 19.8 Å². The molecule has 0 fully saturated rings. The van der Waals surface area contributed by atoms with E-state index < -0.39 is 0 Å². The van der Waals surface area contributed by atoms with Crippen molar-refractivity contribution < 1.29 is 14.6 Å². The molecule has 0 unspecified atom stereocenters. The summed E-state index contributed by atoms with van der Waals surface area (Å²) in [6.45, 7) is 4.72. The van der Waals surface area contributed by atoms with Gasteiger partial charge in [0.15, 0.2) is 11.5 Å². The van der Waals surface area contributed by atoms with Crippen LogP contribution in [0.1, 0.15) is 23.9 Å². The number of rotatable bonds is 6. The highest BCUT2D eigenvalue weighted by molar-refractivity contribution is 6.31. The van der Waals surface area contributed by atoms with Gasteiger partial charge in [-0.3, -0.25) is 4.68 Å². The fourth-order valence-electron chi connectivity index (χ4n) is 2.16. The van der Waals surface area contributed by atoms with Gasteiger partial charge in [-0.2, -0.15) is 5.10 Å². The third-order valence-corrected chi connectivity index (χ3v) is 3.75. The summed E-state index contributed by atoms with van der Waals surface area (Å²) in [5, 5.41) is 14.4. The number of halogens is 1. The number of hydrogen-bond donors (Lipinski definition) is 1. The van der Waals surface area contributed by atoms with E-state index in [4.69, 9.17) is 21.1 Å². The largest absolute Gasteiger partial charge is 0.493 e. The minimum Gasteiger partial charge on any atom is -0.493 e. The second-order valence-electron chi connectivity index (χ2n) is 4.56. The zero-order chi connectivity index (χ0) is 15.4. The minimum atomic E-state index is -0.119. The first kappa shape index (κ1) is 15.7. The first-order chi connectivity index (χ1) is 10.1. The number of para-hydroxylation sites is 1. The number of benzene rings is 1. The van der Waals surface area contributed by atoms with Gasteiger partial charge in [-0.1, -0.05) is 23.7 Å². The Morgan fingerprint density at radius 1 is 1.38 bits per heavy atom. The fraction of sp³-hybridized carbons (Fsp3) is 0.400. The second-order valence-corrected chi connectivity index (χ2v) is 4.94. The quantitative estimate of drug-likeness (QED) is 0.891. The van der Waals surface area contributed by atoms with Gasteiger partial charge >= 0.3 is 0 Å². The molecule has 1 N–H and O–H groups in total. The molecule has 2 rings (SSSR count). The van der Waals surface area contributed by atoms with Crippen LogP contribution in [0.2, 0.25) is 5.02 Å². The van der Waals surface area contributed by atoms with E-state index in [9.17, 15) is 5.11 Å². The summed E-state index contributed by atoms with van der Waals surface area (Å²) in [5.74, 6) is 1.11. The third-order valence-electron chi connectivity index (χ3n) is 3.26. The second kappa shape index (κ2) is 6.83. The number of aliphatic hydroxyl groups is 1. The van der Waals surface area contributed by atoms with Gasteiger partial charge in [0.2, 0.25) is 0 Å². The lowest BCUT2D eigenvalue weighted by Crippen LogP contribution is -2.08. The van der Waals surface area contributed by atoms with Crippen molar-refractivity contribution in [2.45, 2.75) is 33.6 Å². The molecule has 0 aliphatic heterocycles. The summed E-state index contributed by atoms with van der Waals surface area (Å²) in [6.07, 6.45) is 0. The lowest BCUT2D eigenvalue weighted by Gasteiger charge is -2.14. The van der Waals surface area contributed by atoms with E-state index >= 15 is 0 Å². The highest BCUT2D eigenvalue weighted by atomic mass is 35.5. The number of aliphatic hydroxyl groups excluding tert-OH is 1. The van der Waals surface area contributed by atoms with Crippen molar-refractivity contribution in [1.29, 1.82) is 0 Å².